The van der Waals surface area contributed by atoms with Crippen LogP contribution in [0.2, 0.25) is 0 Å². The molecule has 0 aromatic carbocycles. The molecule has 1 aliphatic heterocycles. The Labute approximate surface area is 112 Å². The van der Waals surface area contributed by atoms with Gasteiger partial charge in [-0.3, -0.25) is 19.7 Å². The van der Waals surface area contributed by atoms with E-state index >= 15 is 0 Å². The molecule has 2 aliphatic rings. The molecule has 19 heavy (non-hydrogen) atoms. The molecule has 1 aliphatic carbocycles. The van der Waals surface area contributed by atoms with Gasteiger partial charge in [0.2, 0.25) is 17.7 Å². The van der Waals surface area contributed by atoms with E-state index in [-0.39, 0.29) is 24.4 Å². The SMILES string of the molecule is CC1C(=O)NC(=O)CN1C(=O)CC1CCCC(N)C1. The van der Waals surface area contributed by atoms with Gasteiger partial charge in [-0.1, -0.05) is 6.42 Å². The van der Waals surface area contributed by atoms with Crippen LogP contribution in [0.4, 0.5) is 0 Å². The van der Waals surface area contributed by atoms with Gasteiger partial charge in [-0.2, -0.15) is 0 Å². The van der Waals surface area contributed by atoms with Gasteiger partial charge in [0.1, 0.15) is 12.6 Å². The summed E-state index contributed by atoms with van der Waals surface area (Å²) in [5.74, 6) is -0.639. The summed E-state index contributed by atoms with van der Waals surface area (Å²) in [4.78, 5) is 36.5. The predicted octanol–water partition coefficient (Wildman–Crippen LogP) is -0.232. The van der Waals surface area contributed by atoms with Gasteiger partial charge in [0.15, 0.2) is 0 Å². The quantitative estimate of drug-likeness (QED) is 0.676. The van der Waals surface area contributed by atoms with E-state index in [0.29, 0.717) is 6.42 Å². The number of hydrogen-bond acceptors (Lipinski definition) is 4. The topological polar surface area (TPSA) is 92.5 Å². The van der Waals surface area contributed by atoms with Crippen LogP contribution in [0.5, 0.6) is 0 Å². The van der Waals surface area contributed by atoms with Crippen molar-refractivity contribution >= 4 is 17.7 Å². The lowest BCUT2D eigenvalue weighted by Gasteiger charge is -2.34. The summed E-state index contributed by atoms with van der Waals surface area (Å²) in [5, 5.41) is 2.23. The first-order valence-corrected chi connectivity index (χ1v) is 6.86. The Kier molecular flexibility index (Phi) is 4.19. The number of piperazine rings is 1. The maximum absolute atomic E-state index is 12.2. The highest BCUT2D eigenvalue weighted by molar-refractivity contribution is 6.04. The number of nitrogens with two attached hydrogens (primary N) is 1. The summed E-state index contributed by atoms with van der Waals surface area (Å²) >= 11 is 0. The lowest BCUT2D eigenvalue weighted by molar-refractivity contribution is -0.150. The Bertz CT molecular complexity index is 397. The largest absolute Gasteiger partial charge is 0.328 e. The van der Waals surface area contributed by atoms with E-state index in [9.17, 15) is 14.4 Å². The number of carbonyl (C=O) groups is 3. The van der Waals surface area contributed by atoms with Gasteiger partial charge in [0.25, 0.3) is 0 Å². The number of nitrogens with zero attached hydrogens (tertiary/aromatic N) is 1. The molecule has 0 bridgehead atoms. The van der Waals surface area contributed by atoms with Gasteiger partial charge < -0.3 is 10.6 Å². The second kappa shape index (κ2) is 5.69. The zero-order valence-electron chi connectivity index (χ0n) is 11.2. The van der Waals surface area contributed by atoms with Gasteiger partial charge in [-0.05, 0) is 32.1 Å². The van der Waals surface area contributed by atoms with Crippen LogP contribution in [0.25, 0.3) is 0 Å². The van der Waals surface area contributed by atoms with Crippen LogP contribution < -0.4 is 11.1 Å². The third-order valence-corrected chi connectivity index (χ3v) is 4.03. The summed E-state index contributed by atoms with van der Waals surface area (Å²) in [6, 6.07) is -0.391. The molecular formula is C13H21N3O3. The van der Waals surface area contributed by atoms with Crippen molar-refractivity contribution in [1.29, 1.82) is 0 Å². The van der Waals surface area contributed by atoms with E-state index in [0.717, 1.165) is 25.7 Å². The summed E-state index contributed by atoms with van der Waals surface area (Å²) in [5.41, 5.74) is 5.91. The number of hydrogen-bond donors (Lipinski definition) is 2. The first-order valence-electron chi connectivity index (χ1n) is 6.86. The van der Waals surface area contributed by atoms with Crippen LogP contribution in [-0.2, 0) is 14.4 Å². The lowest BCUT2D eigenvalue weighted by Crippen LogP contribution is -2.58. The fourth-order valence-corrected chi connectivity index (χ4v) is 2.90. The van der Waals surface area contributed by atoms with Crippen molar-refractivity contribution in [3.63, 3.8) is 0 Å². The van der Waals surface area contributed by atoms with Crippen LogP contribution in [-0.4, -0.2) is 41.2 Å². The lowest BCUT2D eigenvalue weighted by atomic mass is 9.84. The maximum atomic E-state index is 12.2. The third kappa shape index (κ3) is 3.32. The van der Waals surface area contributed by atoms with Gasteiger partial charge >= 0.3 is 0 Å². The molecule has 106 valence electrons. The van der Waals surface area contributed by atoms with E-state index in [4.69, 9.17) is 5.73 Å². The Morgan fingerprint density at radius 1 is 1.42 bits per heavy atom. The molecule has 1 saturated carbocycles. The highest BCUT2D eigenvalue weighted by atomic mass is 16.2. The maximum Gasteiger partial charge on any atom is 0.249 e. The minimum absolute atomic E-state index is 0.0233. The molecule has 6 nitrogen and oxygen atoms in total. The molecule has 1 saturated heterocycles. The molecule has 0 aromatic rings. The molecule has 2 rings (SSSR count). The minimum atomic E-state index is -0.567. The minimum Gasteiger partial charge on any atom is -0.328 e. The molecule has 3 amide bonds. The summed E-state index contributed by atoms with van der Waals surface area (Å²) in [7, 11) is 0. The number of rotatable bonds is 2. The van der Waals surface area contributed by atoms with Crippen molar-refractivity contribution in [1.82, 2.24) is 10.2 Å². The third-order valence-electron chi connectivity index (χ3n) is 4.03. The normalized spacial score (nSPS) is 32.1. The van der Waals surface area contributed by atoms with Crippen LogP contribution >= 0.6 is 0 Å². The van der Waals surface area contributed by atoms with Crippen LogP contribution in [0, 0.1) is 5.92 Å². The van der Waals surface area contributed by atoms with E-state index in [1.165, 1.54) is 4.90 Å². The number of carbonyl (C=O) groups excluding carboxylic acids is 3. The predicted molar refractivity (Wildman–Crippen MR) is 68.9 cm³/mol. The van der Waals surface area contributed by atoms with Crippen molar-refractivity contribution in [2.24, 2.45) is 11.7 Å². The Morgan fingerprint density at radius 3 is 2.84 bits per heavy atom. The smallest absolute Gasteiger partial charge is 0.249 e. The second-order valence-corrected chi connectivity index (χ2v) is 5.61. The van der Waals surface area contributed by atoms with Crippen molar-refractivity contribution in [2.45, 2.75) is 51.1 Å². The molecule has 6 heteroatoms. The summed E-state index contributed by atoms with van der Waals surface area (Å²) < 4.78 is 0. The average Bonchev–Trinajstić information content (AvgIpc) is 2.33. The van der Waals surface area contributed by atoms with E-state index in [2.05, 4.69) is 5.32 Å². The number of nitrogens with one attached hydrogen (secondary N) is 1. The Hall–Kier alpha value is -1.43. The average molecular weight is 267 g/mol. The summed E-state index contributed by atoms with van der Waals surface area (Å²) in [6.45, 7) is 1.62. The number of imide groups is 1. The van der Waals surface area contributed by atoms with Crippen LogP contribution in [0.15, 0.2) is 0 Å². The van der Waals surface area contributed by atoms with Crippen molar-refractivity contribution in [2.75, 3.05) is 6.54 Å². The Balaban J connectivity index is 1.94. The Morgan fingerprint density at radius 2 is 2.16 bits per heavy atom. The molecule has 3 atom stereocenters. The molecule has 3 N–H and O–H groups in total. The molecule has 0 aromatic heterocycles. The molecule has 0 spiro atoms. The standard InChI is InChI=1S/C13H21N3O3/c1-8-13(19)15-11(17)7-16(8)12(18)6-9-3-2-4-10(14)5-9/h8-10H,2-7,14H2,1H3,(H,15,17,19). The van der Waals surface area contributed by atoms with Crippen molar-refractivity contribution in [3.8, 4) is 0 Å². The first kappa shape index (κ1) is 14.0. The zero-order valence-corrected chi connectivity index (χ0v) is 11.2. The fraction of sp³-hybridized carbons (Fsp3) is 0.769. The van der Waals surface area contributed by atoms with Gasteiger partial charge in [-0.25, -0.2) is 0 Å². The van der Waals surface area contributed by atoms with Crippen LogP contribution in [0.1, 0.15) is 39.0 Å². The van der Waals surface area contributed by atoms with E-state index in [1.807, 2.05) is 0 Å². The van der Waals surface area contributed by atoms with E-state index in [1.54, 1.807) is 6.92 Å². The molecule has 0 radical (unpaired) electrons. The highest BCUT2D eigenvalue weighted by Gasteiger charge is 2.34. The van der Waals surface area contributed by atoms with Crippen molar-refractivity contribution < 1.29 is 14.4 Å². The fourth-order valence-electron chi connectivity index (χ4n) is 2.90. The van der Waals surface area contributed by atoms with Crippen LogP contribution in [0.3, 0.4) is 0 Å². The zero-order chi connectivity index (χ0) is 14.0. The second-order valence-electron chi connectivity index (χ2n) is 5.61. The van der Waals surface area contributed by atoms with E-state index < -0.39 is 17.9 Å². The highest BCUT2D eigenvalue weighted by Crippen LogP contribution is 2.26. The van der Waals surface area contributed by atoms with Crippen molar-refractivity contribution in [3.05, 3.63) is 0 Å². The van der Waals surface area contributed by atoms with Gasteiger partial charge in [0, 0.05) is 12.5 Å². The molecule has 1 heterocycles. The molecule has 2 fully saturated rings. The number of amides is 3. The summed E-state index contributed by atoms with van der Waals surface area (Å²) in [6.07, 6.45) is 4.31. The molecule has 3 unspecified atom stereocenters. The molecular weight excluding hydrogens is 246 g/mol. The van der Waals surface area contributed by atoms with Gasteiger partial charge in [0.05, 0.1) is 0 Å². The monoisotopic (exact) mass is 267 g/mol. The van der Waals surface area contributed by atoms with Gasteiger partial charge in [-0.15, -0.1) is 0 Å². The first-order chi connectivity index (χ1) is 8.97.